The molecule has 3 aliphatic rings. The van der Waals surface area contributed by atoms with Crippen molar-refractivity contribution in [3.05, 3.63) is 106 Å². The van der Waals surface area contributed by atoms with Gasteiger partial charge in [-0.1, -0.05) is 12.1 Å². The summed E-state index contributed by atoms with van der Waals surface area (Å²) in [7, 11) is 1.79. The number of thiazole rings is 1. The minimum absolute atomic E-state index is 0.0145. The molecule has 1 unspecified atom stereocenters. The van der Waals surface area contributed by atoms with Gasteiger partial charge in [-0.3, -0.25) is 29.3 Å². The number of rotatable bonds is 14. The third-order valence-corrected chi connectivity index (χ3v) is 11.4. The molecule has 3 aromatic carbocycles. The van der Waals surface area contributed by atoms with Crippen LogP contribution in [0.15, 0.2) is 67.1 Å². The molecule has 15 nitrogen and oxygen atoms in total. The van der Waals surface area contributed by atoms with Gasteiger partial charge in [-0.15, -0.1) is 11.3 Å². The van der Waals surface area contributed by atoms with Crippen LogP contribution >= 0.6 is 11.3 Å². The number of imidazole rings is 1. The van der Waals surface area contributed by atoms with Gasteiger partial charge in [0.1, 0.15) is 18.3 Å². The number of hydrogen-bond acceptors (Lipinski definition) is 11. The van der Waals surface area contributed by atoms with Gasteiger partial charge in [0, 0.05) is 60.5 Å². The van der Waals surface area contributed by atoms with E-state index in [9.17, 15) is 28.4 Å². The van der Waals surface area contributed by atoms with Crippen LogP contribution in [0.2, 0.25) is 0 Å². The highest BCUT2D eigenvalue weighted by atomic mass is 32.1. The molecular formula is C42H41FN8O7S. The van der Waals surface area contributed by atoms with E-state index in [1.54, 1.807) is 41.2 Å². The molecular weight excluding hydrogens is 780 g/mol. The van der Waals surface area contributed by atoms with E-state index in [1.165, 1.54) is 34.4 Å². The van der Waals surface area contributed by atoms with Gasteiger partial charge in [-0.25, -0.2) is 14.4 Å². The molecule has 5 amide bonds. The largest absolute Gasteiger partial charge is 0.488 e. The lowest BCUT2D eigenvalue weighted by molar-refractivity contribution is -0.137. The molecule has 5 aromatic rings. The van der Waals surface area contributed by atoms with Crippen molar-refractivity contribution in [2.45, 2.75) is 45.2 Å². The first-order valence-electron chi connectivity index (χ1n) is 19.2. The number of carbonyl (C=O) groups excluding carboxylic acids is 5. The number of hydrogen-bond donors (Lipinski definition) is 3. The summed E-state index contributed by atoms with van der Waals surface area (Å²) in [6, 6.07) is 14.9. The van der Waals surface area contributed by atoms with E-state index in [0.29, 0.717) is 54.5 Å². The molecule has 1 saturated heterocycles. The highest BCUT2D eigenvalue weighted by molar-refractivity contribution is 7.16. The van der Waals surface area contributed by atoms with E-state index in [0.717, 1.165) is 38.6 Å². The molecule has 3 aliphatic heterocycles. The first-order chi connectivity index (χ1) is 28.5. The van der Waals surface area contributed by atoms with Crippen molar-refractivity contribution >= 4 is 57.4 Å². The summed E-state index contributed by atoms with van der Waals surface area (Å²) in [4.78, 5) is 75.9. The van der Waals surface area contributed by atoms with Crippen LogP contribution in [0.25, 0.3) is 11.3 Å². The Balaban J connectivity index is 0.776. The van der Waals surface area contributed by atoms with Crippen molar-refractivity contribution in [2.75, 3.05) is 48.4 Å². The second-order valence-electron chi connectivity index (χ2n) is 14.5. The number of imide groups is 1. The fourth-order valence-corrected chi connectivity index (χ4v) is 8.41. The van der Waals surface area contributed by atoms with Crippen molar-refractivity contribution in [3.8, 4) is 17.0 Å². The highest BCUT2D eigenvalue weighted by Gasteiger charge is 2.39. The molecule has 17 heteroatoms. The van der Waals surface area contributed by atoms with Gasteiger partial charge < -0.3 is 34.5 Å². The third-order valence-electron chi connectivity index (χ3n) is 10.5. The zero-order valence-corrected chi connectivity index (χ0v) is 33.2. The van der Waals surface area contributed by atoms with Gasteiger partial charge >= 0.3 is 0 Å². The van der Waals surface area contributed by atoms with Crippen LogP contribution in [0.3, 0.4) is 0 Å². The number of fused-ring (bicyclic) bond motifs is 2. The molecule has 0 spiro atoms. The Morgan fingerprint density at radius 1 is 1.02 bits per heavy atom. The fourth-order valence-electron chi connectivity index (χ4n) is 7.56. The number of nitrogens with zero attached hydrogens (tertiary/aromatic N) is 5. The molecule has 0 radical (unpaired) electrons. The normalized spacial score (nSPS) is 15.9. The summed E-state index contributed by atoms with van der Waals surface area (Å²) >= 11 is 1.36. The quantitative estimate of drug-likeness (QED) is 0.106. The Hall–Kier alpha value is -6.46. The van der Waals surface area contributed by atoms with Crippen LogP contribution in [-0.4, -0.2) is 87.9 Å². The SMILES string of the molecule is Cc1sc(NC(=O)Cc2ccc(F)c(OCCOCCNc3ccc4c(c3)CN(C3CCC(=O)NC3=O)C4=O)c2)nc1-c1ccc2c(c1)CCN2C(=O)c1cncn1C. The van der Waals surface area contributed by atoms with E-state index >= 15 is 0 Å². The topological polar surface area (TPSA) is 177 Å². The Labute approximate surface area is 342 Å². The minimum Gasteiger partial charge on any atom is -0.488 e. The van der Waals surface area contributed by atoms with Crippen LogP contribution in [-0.2, 0) is 45.6 Å². The van der Waals surface area contributed by atoms with E-state index in [2.05, 4.69) is 20.9 Å². The third kappa shape index (κ3) is 8.42. The van der Waals surface area contributed by atoms with Gasteiger partial charge in [0.2, 0.25) is 17.7 Å². The van der Waals surface area contributed by atoms with Crippen molar-refractivity contribution in [1.82, 2.24) is 24.8 Å². The van der Waals surface area contributed by atoms with Crippen LogP contribution < -0.4 is 25.6 Å². The molecule has 2 aromatic heterocycles. The maximum atomic E-state index is 14.6. The van der Waals surface area contributed by atoms with Crippen LogP contribution in [0.1, 0.15) is 55.3 Å². The molecule has 59 heavy (non-hydrogen) atoms. The van der Waals surface area contributed by atoms with Crippen LogP contribution in [0.5, 0.6) is 5.75 Å². The van der Waals surface area contributed by atoms with Crippen LogP contribution in [0, 0.1) is 12.7 Å². The molecule has 8 rings (SSSR count). The summed E-state index contributed by atoms with van der Waals surface area (Å²) in [6.45, 7) is 3.89. The number of anilines is 3. The molecule has 0 bridgehead atoms. The summed E-state index contributed by atoms with van der Waals surface area (Å²) < 4.78 is 27.6. The molecule has 0 saturated carbocycles. The van der Waals surface area contributed by atoms with E-state index < -0.39 is 17.8 Å². The zero-order valence-electron chi connectivity index (χ0n) is 32.4. The molecule has 0 aliphatic carbocycles. The average molecular weight is 821 g/mol. The van der Waals surface area contributed by atoms with Gasteiger partial charge in [-0.2, -0.15) is 0 Å². The van der Waals surface area contributed by atoms with E-state index in [-0.39, 0.29) is 62.0 Å². The maximum Gasteiger partial charge on any atom is 0.276 e. The summed E-state index contributed by atoms with van der Waals surface area (Å²) in [5.41, 5.74) is 6.76. The van der Waals surface area contributed by atoms with Crippen molar-refractivity contribution < 1.29 is 37.8 Å². The summed E-state index contributed by atoms with van der Waals surface area (Å²) in [6.07, 6.45) is 4.38. The number of piperidine rings is 1. The van der Waals surface area contributed by atoms with Crippen LogP contribution in [0.4, 0.5) is 20.9 Å². The maximum absolute atomic E-state index is 14.6. The highest BCUT2D eigenvalue weighted by Crippen LogP contribution is 2.36. The lowest BCUT2D eigenvalue weighted by atomic mass is 10.0. The number of carbonyl (C=O) groups is 5. The number of benzene rings is 3. The van der Waals surface area contributed by atoms with E-state index in [4.69, 9.17) is 14.5 Å². The zero-order chi connectivity index (χ0) is 41.2. The number of aryl methyl sites for hydroxylation is 2. The minimum atomic E-state index is -0.668. The molecule has 1 fully saturated rings. The monoisotopic (exact) mass is 820 g/mol. The Morgan fingerprint density at radius 2 is 1.88 bits per heavy atom. The number of halogens is 1. The molecule has 304 valence electrons. The molecule has 1 atom stereocenters. The number of aromatic nitrogens is 3. The lowest BCUT2D eigenvalue weighted by Gasteiger charge is -2.29. The Morgan fingerprint density at radius 3 is 2.69 bits per heavy atom. The Kier molecular flexibility index (Phi) is 11.2. The summed E-state index contributed by atoms with van der Waals surface area (Å²) in [5, 5.41) is 8.88. The number of amides is 5. The van der Waals surface area contributed by atoms with Gasteiger partial charge in [0.25, 0.3) is 11.8 Å². The summed E-state index contributed by atoms with van der Waals surface area (Å²) in [5.74, 6) is -1.95. The van der Waals surface area contributed by atoms with Crippen molar-refractivity contribution in [3.63, 3.8) is 0 Å². The first kappa shape index (κ1) is 39.4. The number of nitrogens with one attached hydrogen (secondary N) is 3. The predicted octanol–water partition coefficient (Wildman–Crippen LogP) is 4.64. The van der Waals surface area contributed by atoms with Gasteiger partial charge in [0.05, 0.1) is 37.9 Å². The van der Waals surface area contributed by atoms with Crippen molar-refractivity contribution in [2.24, 2.45) is 7.05 Å². The standard InChI is InChI=1S/C42H41FN8O7S/c1-24-38(27-4-8-32-26(19-27)11-13-50(32)41(56)34-21-44-23-49(34)2)48-42(59-24)47-37(53)18-25-3-7-31(43)35(17-25)58-16-15-57-14-12-45-29-5-6-30-28(20-29)22-51(40(30)55)33-9-10-36(52)46-39(33)54/h3-8,17,19-21,23,33,45H,9-16,18,22H2,1-2H3,(H,46,52,54)(H,47,48,53). The molecule has 5 heterocycles. The number of ether oxygens (including phenoxy) is 2. The Bertz CT molecular complexity index is 2480. The van der Waals surface area contributed by atoms with Gasteiger partial charge in [0.15, 0.2) is 16.7 Å². The fraction of sp³-hybridized carbons (Fsp3) is 0.310. The smallest absolute Gasteiger partial charge is 0.276 e. The lowest BCUT2D eigenvalue weighted by Crippen LogP contribution is -2.52. The first-order valence-corrected chi connectivity index (χ1v) is 20.0. The second-order valence-corrected chi connectivity index (χ2v) is 15.7. The van der Waals surface area contributed by atoms with Gasteiger partial charge in [-0.05, 0) is 78.9 Å². The second kappa shape index (κ2) is 16.8. The average Bonchev–Trinajstić information content (AvgIpc) is 4.00. The van der Waals surface area contributed by atoms with E-state index in [1.807, 2.05) is 31.2 Å². The molecule has 3 N–H and O–H groups in total. The van der Waals surface area contributed by atoms with Crippen molar-refractivity contribution in [1.29, 1.82) is 0 Å². The predicted molar refractivity (Wildman–Crippen MR) is 217 cm³/mol.